The fraction of sp³-hybridized carbons (Fsp3) is 0.440. The molecule has 1 aliphatic heterocycles. The predicted molar refractivity (Wildman–Crippen MR) is 128 cm³/mol. The van der Waals surface area contributed by atoms with Crippen molar-refractivity contribution in [3.8, 4) is 11.5 Å². The molecule has 8 heteroatoms. The van der Waals surface area contributed by atoms with E-state index in [2.05, 4.69) is 20.2 Å². The van der Waals surface area contributed by atoms with E-state index >= 15 is 0 Å². The van der Waals surface area contributed by atoms with E-state index < -0.39 is 5.82 Å². The first kappa shape index (κ1) is 22.2. The molecule has 1 aliphatic carbocycles. The number of hydrogen-bond acceptors (Lipinski definition) is 6. The molecule has 6 nitrogen and oxygen atoms in total. The summed E-state index contributed by atoms with van der Waals surface area (Å²) in [5, 5.41) is 4.03. The molecule has 1 N–H and O–H groups in total. The van der Waals surface area contributed by atoms with Crippen molar-refractivity contribution in [1.82, 2.24) is 14.9 Å². The van der Waals surface area contributed by atoms with Crippen LogP contribution < -0.4 is 14.8 Å². The van der Waals surface area contributed by atoms with Crippen LogP contribution in [-0.4, -0.2) is 47.7 Å². The molecule has 0 spiro atoms. The number of fused-ring (bicyclic) bond motifs is 1. The molecule has 0 unspecified atom stereocenters. The molecule has 33 heavy (non-hydrogen) atoms. The van der Waals surface area contributed by atoms with Gasteiger partial charge in [-0.3, -0.25) is 4.90 Å². The second-order valence-corrected chi connectivity index (χ2v) is 9.19. The van der Waals surface area contributed by atoms with E-state index in [9.17, 15) is 4.39 Å². The average Bonchev–Trinajstić information content (AvgIpc) is 3.56. The molecule has 1 atom stereocenters. The zero-order valence-corrected chi connectivity index (χ0v) is 19.4. The molecular formula is C25H28ClFN4O2. The summed E-state index contributed by atoms with van der Waals surface area (Å²) >= 11 is 5.92. The average molecular weight is 471 g/mol. The lowest BCUT2D eigenvalue weighted by molar-refractivity contribution is 0.204. The Morgan fingerprint density at radius 2 is 2.03 bits per heavy atom. The molecule has 0 bridgehead atoms. The number of aromatic nitrogens is 2. The molecule has 2 heterocycles. The number of ether oxygens (including phenoxy) is 2. The van der Waals surface area contributed by atoms with Crippen LogP contribution in [0.1, 0.15) is 32.1 Å². The lowest BCUT2D eigenvalue weighted by atomic mass is 10.1. The summed E-state index contributed by atoms with van der Waals surface area (Å²) in [6.07, 6.45) is 7.90. The van der Waals surface area contributed by atoms with Gasteiger partial charge in [0.25, 0.3) is 0 Å². The van der Waals surface area contributed by atoms with E-state index in [0.29, 0.717) is 35.1 Å². The molecule has 5 rings (SSSR count). The Morgan fingerprint density at radius 1 is 1.15 bits per heavy atom. The highest BCUT2D eigenvalue weighted by Crippen LogP contribution is 2.40. The highest BCUT2D eigenvalue weighted by molar-refractivity contribution is 6.31. The van der Waals surface area contributed by atoms with E-state index in [1.165, 1.54) is 50.7 Å². The first-order chi connectivity index (χ1) is 16.1. The number of hydrogen-bond donors (Lipinski definition) is 1. The van der Waals surface area contributed by atoms with E-state index in [1.807, 2.05) is 12.1 Å². The Kier molecular flexibility index (Phi) is 6.51. The summed E-state index contributed by atoms with van der Waals surface area (Å²) in [6.45, 7) is 2.89. The summed E-state index contributed by atoms with van der Waals surface area (Å²) < 4.78 is 25.2. The fourth-order valence-corrected chi connectivity index (χ4v) is 4.92. The Balaban J connectivity index is 1.30. The van der Waals surface area contributed by atoms with Gasteiger partial charge in [0, 0.05) is 29.7 Å². The van der Waals surface area contributed by atoms with Crippen LogP contribution in [0.5, 0.6) is 11.5 Å². The van der Waals surface area contributed by atoms with Crippen molar-refractivity contribution in [2.24, 2.45) is 5.92 Å². The van der Waals surface area contributed by atoms with Gasteiger partial charge < -0.3 is 14.8 Å². The van der Waals surface area contributed by atoms with Gasteiger partial charge in [-0.05, 0) is 68.8 Å². The van der Waals surface area contributed by atoms with Crippen LogP contribution in [0.2, 0.25) is 5.02 Å². The van der Waals surface area contributed by atoms with Crippen molar-refractivity contribution in [3.05, 3.63) is 47.5 Å². The molecule has 2 fully saturated rings. The maximum atomic E-state index is 13.5. The van der Waals surface area contributed by atoms with Gasteiger partial charge in [-0.2, -0.15) is 0 Å². The van der Waals surface area contributed by atoms with Gasteiger partial charge in [0.15, 0.2) is 11.5 Å². The van der Waals surface area contributed by atoms with E-state index in [-0.39, 0.29) is 5.02 Å². The maximum absolute atomic E-state index is 13.5. The second kappa shape index (κ2) is 9.69. The smallest absolute Gasteiger partial charge is 0.162 e. The van der Waals surface area contributed by atoms with Gasteiger partial charge in [-0.15, -0.1) is 0 Å². The Bertz CT molecular complexity index is 1140. The number of likely N-dealkylation sites (tertiary alicyclic amines) is 1. The number of methoxy groups -OCH3 is 1. The third-order valence-electron chi connectivity index (χ3n) is 6.53. The minimum Gasteiger partial charge on any atom is -0.493 e. The van der Waals surface area contributed by atoms with Gasteiger partial charge >= 0.3 is 0 Å². The summed E-state index contributed by atoms with van der Waals surface area (Å²) in [4.78, 5) is 11.4. The van der Waals surface area contributed by atoms with Crippen LogP contribution in [0.4, 0.5) is 15.9 Å². The molecule has 1 saturated heterocycles. The van der Waals surface area contributed by atoms with Gasteiger partial charge in [0.2, 0.25) is 0 Å². The van der Waals surface area contributed by atoms with Crippen LogP contribution in [0.3, 0.4) is 0 Å². The Hall–Kier alpha value is -2.64. The largest absolute Gasteiger partial charge is 0.493 e. The second-order valence-electron chi connectivity index (χ2n) is 8.78. The fourth-order valence-electron chi connectivity index (χ4n) is 4.74. The van der Waals surface area contributed by atoms with Crippen LogP contribution >= 0.6 is 11.6 Å². The highest BCUT2D eigenvalue weighted by Gasteiger charge is 2.37. The third kappa shape index (κ3) is 4.99. The molecule has 1 aromatic heterocycles. The van der Waals surface area contributed by atoms with Crippen molar-refractivity contribution in [3.63, 3.8) is 0 Å². The minimum atomic E-state index is -0.465. The Labute approximate surface area is 198 Å². The van der Waals surface area contributed by atoms with Crippen LogP contribution in [0.15, 0.2) is 36.7 Å². The summed E-state index contributed by atoms with van der Waals surface area (Å²) in [5.74, 6) is 2.33. The zero-order valence-electron chi connectivity index (χ0n) is 18.7. The summed E-state index contributed by atoms with van der Waals surface area (Å²) in [5.41, 5.74) is 1.35. The molecule has 174 valence electrons. The van der Waals surface area contributed by atoms with Crippen LogP contribution in [0.25, 0.3) is 10.9 Å². The van der Waals surface area contributed by atoms with Crippen LogP contribution in [-0.2, 0) is 0 Å². The van der Waals surface area contributed by atoms with Crippen molar-refractivity contribution >= 4 is 34.0 Å². The molecule has 1 saturated carbocycles. The Morgan fingerprint density at radius 3 is 2.82 bits per heavy atom. The molecule has 0 amide bonds. The highest BCUT2D eigenvalue weighted by atomic mass is 35.5. The zero-order chi connectivity index (χ0) is 22.8. The lowest BCUT2D eigenvalue weighted by Crippen LogP contribution is -2.32. The number of rotatable bonds is 9. The quantitative estimate of drug-likeness (QED) is 0.398. The van der Waals surface area contributed by atoms with Gasteiger partial charge in [0.1, 0.15) is 18.0 Å². The first-order valence-electron chi connectivity index (χ1n) is 11.5. The first-order valence-corrected chi connectivity index (χ1v) is 11.9. The number of anilines is 2. The molecule has 2 aliphatic rings. The SMILES string of the molecule is COc1cc2ncnc(Nc3ccc(F)c(Cl)c3)c2cc1OCCCN1CCC[C@H]1C1CC1. The number of nitrogens with one attached hydrogen (secondary N) is 1. The number of benzene rings is 2. The standard InChI is InChI=1S/C25H28ClFN4O2/c1-32-23-14-21-18(25(29-15-28-21)30-17-7-8-20(27)19(26)12-17)13-24(23)33-11-3-10-31-9-2-4-22(31)16-5-6-16/h7-8,12-16,22H,2-6,9-11H2,1H3,(H,28,29,30)/t22-/m0/s1. The number of nitrogens with zero attached hydrogens (tertiary/aromatic N) is 3. The topological polar surface area (TPSA) is 59.5 Å². The number of halogens is 2. The third-order valence-corrected chi connectivity index (χ3v) is 6.82. The van der Waals surface area contributed by atoms with E-state index in [4.69, 9.17) is 21.1 Å². The molecule has 2 aromatic carbocycles. The molecular weight excluding hydrogens is 443 g/mol. The van der Waals surface area contributed by atoms with Crippen molar-refractivity contribution < 1.29 is 13.9 Å². The van der Waals surface area contributed by atoms with Crippen molar-refractivity contribution in [2.45, 2.75) is 38.1 Å². The lowest BCUT2D eigenvalue weighted by Gasteiger charge is -2.24. The molecule has 3 aromatic rings. The van der Waals surface area contributed by atoms with E-state index in [1.54, 1.807) is 13.2 Å². The van der Waals surface area contributed by atoms with E-state index in [0.717, 1.165) is 30.3 Å². The van der Waals surface area contributed by atoms with Crippen LogP contribution in [0, 0.1) is 11.7 Å². The van der Waals surface area contributed by atoms with Gasteiger partial charge in [0.05, 0.1) is 24.3 Å². The van der Waals surface area contributed by atoms with Gasteiger partial charge in [-0.25, -0.2) is 14.4 Å². The minimum absolute atomic E-state index is 0.0472. The maximum Gasteiger partial charge on any atom is 0.162 e. The van der Waals surface area contributed by atoms with Gasteiger partial charge in [-0.1, -0.05) is 11.6 Å². The molecule has 0 radical (unpaired) electrons. The predicted octanol–water partition coefficient (Wildman–Crippen LogP) is 5.82. The van der Waals surface area contributed by atoms with Crippen molar-refractivity contribution in [2.75, 3.05) is 32.1 Å². The summed E-state index contributed by atoms with van der Waals surface area (Å²) in [7, 11) is 1.62. The normalized spacial score (nSPS) is 18.6. The monoisotopic (exact) mass is 470 g/mol. The van der Waals surface area contributed by atoms with Crippen molar-refractivity contribution in [1.29, 1.82) is 0 Å². The summed E-state index contributed by atoms with van der Waals surface area (Å²) in [6, 6.07) is 8.98.